The number of hydrogen-bond donors (Lipinski definition) is 1. The number of H-pyrrole nitrogens is 1. The third-order valence-electron chi connectivity index (χ3n) is 4.48. The second-order valence-corrected chi connectivity index (χ2v) is 5.74. The van der Waals surface area contributed by atoms with Crippen molar-refractivity contribution in [2.24, 2.45) is 17.8 Å². The Bertz CT molecular complexity index is 727. The predicted octanol–water partition coefficient (Wildman–Crippen LogP) is 3.68. The Labute approximate surface area is 117 Å². The van der Waals surface area contributed by atoms with Crippen LogP contribution in [0.15, 0.2) is 42.5 Å². The zero-order chi connectivity index (χ0) is 13.5. The second kappa shape index (κ2) is 4.35. The maximum atomic E-state index is 9.44. The molecule has 3 atom stereocenters. The van der Waals surface area contributed by atoms with Crippen LogP contribution < -0.4 is 0 Å². The number of para-hydroxylation sites is 2. The highest BCUT2D eigenvalue weighted by atomic mass is 14.9. The fourth-order valence-corrected chi connectivity index (χ4v) is 3.48. The van der Waals surface area contributed by atoms with Gasteiger partial charge in [-0.1, -0.05) is 30.4 Å². The number of imidazole rings is 1. The summed E-state index contributed by atoms with van der Waals surface area (Å²) in [6, 6.07) is 10.2. The molecule has 0 spiro atoms. The van der Waals surface area contributed by atoms with Crippen molar-refractivity contribution >= 4 is 16.6 Å². The van der Waals surface area contributed by atoms with Crippen LogP contribution in [-0.4, -0.2) is 9.97 Å². The molecule has 0 radical (unpaired) electrons. The maximum Gasteiger partial charge on any atom is 0.148 e. The lowest BCUT2D eigenvalue weighted by molar-refractivity contribution is 0.551. The van der Waals surface area contributed by atoms with Gasteiger partial charge in [-0.3, -0.25) is 0 Å². The normalized spacial score (nSPS) is 28.1. The number of rotatable bonds is 2. The smallest absolute Gasteiger partial charge is 0.148 e. The molecule has 0 saturated heterocycles. The van der Waals surface area contributed by atoms with Gasteiger partial charge in [0.15, 0.2) is 0 Å². The summed E-state index contributed by atoms with van der Waals surface area (Å²) in [5.74, 6) is 2.53. The quantitative estimate of drug-likeness (QED) is 0.662. The van der Waals surface area contributed by atoms with E-state index in [9.17, 15) is 5.26 Å². The van der Waals surface area contributed by atoms with Crippen LogP contribution in [0.5, 0.6) is 0 Å². The molecule has 1 aromatic heterocycles. The molecular formula is C17H15N3. The number of nitrogens with zero attached hydrogens (tertiary/aromatic N) is 2. The molecule has 1 N–H and O–H groups in total. The summed E-state index contributed by atoms with van der Waals surface area (Å²) in [6.45, 7) is 0. The summed E-state index contributed by atoms with van der Waals surface area (Å²) >= 11 is 0. The van der Waals surface area contributed by atoms with E-state index in [1.807, 2.05) is 24.3 Å². The molecule has 0 aliphatic heterocycles. The third kappa shape index (κ3) is 1.77. The molecule has 1 saturated carbocycles. The zero-order valence-corrected chi connectivity index (χ0v) is 11.1. The summed E-state index contributed by atoms with van der Waals surface area (Å²) in [5, 5.41) is 9.44. The van der Waals surface area contributed by atoms with Crippen molar-refractivity contribution in [2.75, 3.05) is 0 Å². The molecule has 0 amide bonds. The highest BCUT2D eigenvalue weighted by Gasteiger charge is 2.34. The first kappa shape index (κ1) is 11.5. The molecule has 1 aromatic carbocycles. The van der Waals surface area contributed by atoms with E-state index < -0.39 is 0 Å². The average molecular weight is 261 g/mol. The van der Waals surface area contributed by atoms with E-state index in [0.29, 0.717) is 23.2 Å². The summed E-state index contributed by atoms with van der Waals surface area (Å²) in [7, 11) is 0. The highest BCUT2D eigenvalue weighted by Crippen LogP contribution is 2.44. The van der Waals surface area contributed by atoms with Gasteiger partial charge in [0.05, 0.1) is 16.6 Å². The molecule has 0 unspecified atom stereocenters. The molecule has 1 fully saturated rings. The van der Waals surface area contributed by atoms with Crippen LogP contribution in [0.25, 0.3) is 16.6 Å². The summed E-state index contributed by atoms with van der Waals surface area (Å²) in [5.41, 5.74) is 2.57. The standard InChI is InChI=1S/C17H15N3/c18-10-14(9-13-8-11-5-6-12(13)7-11)17-19-15-3-1-2-4-16(15)20-17/h1-6,9,11-13H,7-8H2,(H,19,20)/b14-9-/t11-,12-,13-/m0/s1. The van der Waals surface area contributed by atoms with Gasteiger partial charge in [-0.15, -0.1) is 0 Å². The summed E-state index contributed by atoms with van der Waals surface area (Å²) in [6.07, 6.45) is 9.17. The first-order valence-electron chi connectivity index (χ1n) is 7.09. The Balaban J connectivity index is 1.71. The van der Waals surface area contributed by atoms with Crippen molar-refractivity contribution < 1.29 is 0 Å². The average Bonchev–Trinajstić information content (AvgIpc) is 3.18. The first-order valence-corrected chi connectivity index (χ1v) is 7.09. The molecule has 20 heavy (non-hydrogen) atoms. The van der Waals surface area contributed by atoms with Gasteiger partial charge in [0.1, 0.15) is 11.9 Å². The van der Waals surface area contributed by atoms with Gasteiger partial charge in [0.2, 0.25) is 0 Å². The molecule has 2 aromatic rings. The van der Waals surface area contributed by atoms with Crippen LogP contribution >= 0.6 is 0 Å². The Morgan fingerprint density at radius 3 is 2.90 bits per heavy atom. The number of nitrogens with one attached hydrogen (secondary N) is 1. The predicted molar refractivity (Wildman–Crippen MR) is 78.5 cm³/mol. The van der Waals surface area contributed by atoms with Crippen LogP contribution in [0.1, 0.15) is 18.7 Å². The minimum Gasteiger partial charge on any atom is -0.337 e. The van der Waals surface area contributed by atoms with Gasteiger partial charge in [-0.05, 0) is 42.7 Å². The van der Waals surface area contributed by atoms with Gasteiger partial charge in [-0.2, -0.15) is 5.26 Å². The lowest BCUT2D eigenvalue weighted by Gasteiger charge is -2.13. The Morgan fingerprint density at radius 1 is 1.30 bits per heavy atom. The third-order valence-corrected chi connectivity index (χ3v) is 4.48. The molecule has 2 aliphatic rings. The fraction of sp³-hybridized carbons (Fsp3) is 0.294. The topological polar surface area (TPSA) is 52.5 Å². The maximum absolute atomic E-state index is 9.44. The minimum absolute atomic E-state index is 0.493. The number of aromatic nitrogens is 2. The lowest BCUT2D eigenvalue weighted by atomic mass is 9.91. The summed E-state index contributed by atoms with van der Waals surface area (Å²) in [4.78, 5) is 7.77. The van der Waals surface area contributed by atoms with Crippen molar-refractivity contribution in [3.63, 3.8) is 0 Å². The fourth-order valence-electron chi connectivity index (χ4n) is 3.48. The highest BCUT2D eigenvalue weighted by molar-refractivity contribution is 5.82. The Hall–Kier alpha value is -2.34. The second-order valence-electron chi connectivity index (χ2n) is 5.74. The lowest BCUT2D eigenvalue weighted by Crippen LogP contribution is -2.04. The monoisotopic (exact) mass is 261 g/mol. The molecule has 3 nitrogen and oxygen atoms in total. The summed E-state index contributed by atoms with van der Waals surface area (Å²) < 4.78 is 0. The number of allylic oxidation sites excluding steroid dienone is 4. The first-order chi connectivity index (χ1) is 9.83. The molecule has 3 heteroatoms. The van der Waals surface area contributed by atoms with Crippen molar-refractivity contribution in [3.8, 4) is 6.07 Å². The van der Waals surface area contributed by atoms with E-state index in [1.165, 1.54) is 12.8 Å². The Kier molecular flexibility index (Phi) is 2.50. The van der Waals surface area contributed by atoms with E-state index in [4.69, 9.17) is 0 Å². The molecule has 2 aliphatic carbocycles. The van der Waals surface area contributed by atoms with E-state index in [-0.39, 0.29) is 0 Å². The number of benzene rings is 1. The van der Waals surface area contributed by atoms with E-state index in [1.54, 1.807) is 0 Å². The minimum atomic E-state index is 0.493. The van der Waals surface area contributed by atoms with Crippen molar-refractivity contribution in [1.29, 1.82) is 5.26 Å². The van der Waals surface area contributed by atoms with Gasteiger partial charge in [-0.25, -0.2) is 4.98 Å². The van der Waals surface area contributed by atoms with Crippen LogP contribution in [0.2, 0.25) is 0 Å². The number of fused-ring (bicyclic) bond motifs is 3. The molecule has 2 bridgehead atoms. The SMILES string of the molecule is N#C/C(=C/[C@@H]1C[C@H]2C=C[C@H]1C2)c1nc2ccccc2[nH]1. The molecule has 98 valence electrons. The van der Waals surface area contributed by atoms with Crippen LogP contribution in [0.3, 0.4) is 0 Å². The number of aromatic amines is 1. The van der Waals surface area contributed by atoms with E-state index in [2.05, 4.69) is 34.3 Å². The van der Waals surface area contributed by atoms with Crippen LogP contribution in [0, 0.1) is 29.1 Å². The van der Waals surface area contributed by atoms with E-state index in [0.717, 1.165) is 17.0 Å². The Morgan fingerprint density at radius 2 is 2.20 bits per heavy atom. The van der Waals surface area contributed by atoms with Crippen molar-refractivity contribution in [1.82, 2.24) is 9.97 Å². The number of hydrogen-bond acceptors (Lipinski definition) is 2. The zero-order valence-electron chi connectivity index (χ0n) is 11.1. The van der Waals surface area contributed by atoms with Gasteiger partial charge in [0.25, 0.3) is 0 Å². The largest absolute Gasteiger partial charge is 0.337 e. The van der Waals surface area contributed by atoms with Gasteiger partial charge >= 0.3 is 0 Å². The molecule has 1 heterocycles. The van der Waals surface area contributed by atoms with Gasteiger partial charge < -0.3 is 4.98 Å². The van der Waals surface area contributed by atoms with E-state index >= 15 is 0 Å². The molecular weight excluding hydrogens is 246 g/mol. The van der Waals surface area contributed by atoms with Crippen LogP contribution in [-0.2, 0) is 0 Å². The number of nitriles is 1. The van der Waals surface area contributed by atoms with Gasteiger partial charge in [0, 0.05) is 0 Å². The van der Waals surface area contributed by atoms with Crippen molar-refractivity contribution in [3.05, 3.63) is 48.3 Å². The van der Waals surface area contributed by atoms with Crippen molar-refractivity contribution in [2.45, 2.75) is 12.8 Å². The molecule has 4 rings (SSSR count). The van der Waals surface area contributed by atoms with Crippen LogP contribution in [0.4, 0.5) is 0 Å².